The third-order valence-electron chi connectivity index (χ3n) is 4.13. The van der Waals surface area contributed by atoms with Crippen molar-refractivity contribution in [2.24, 2.45) is 0 Å². The average molecular weight is 366 g/mol. The molecule has 0 fully saturated rings. The molecule has 1 nitrogen and oxygen atoms in total. The predicted molar refractivity (Wildman–Crippen MR) is 95.0 cm³/mol. The smallest absolute Gasteiger partial charge is 0.201 e. The molecule has 0 atom stereocenters. The van der Waals surface area contributed by atoms with Gasteiger partial charge in [-0.05, 0) is 37.5 Å². The van der Waals surface area contributed by atoms with Gasteiger partial charge < -0.3 is 4.74 Å². The standard InChI is InChI=1S/C21H22F4O/c1-3-5-6-7-8-14-9-10-15(19(23)18(14)22)16-11-12-17(26-13-4-2)21(25)20(16)24/h4,9-13H,3,5-8H2,1-2H3/b13-4+. The lowest BCUT2D eigenvalue weighted by Crippen LogP contribution is -2.00. The number of benzene rings is 2. The molecule has 0 spiro atoms. The lowest BCUT2D eigenvalue weighted by molar-refractivity contribution is 0.415. The second-order valence-electron chi connectivity index (χ2n) is 6.04. The van der Waals surface area contributed by atoms with E-state index in [1.807, 2.05) is 0 Å². The molecule has 2 aromatic carbocycles. The Kier molecular flexibility index (Phi) is 7.25. The first-order chi connectivity index (χ1) is 12.5. The third kappa shape index (κ3) is 4.45. The van der Waals surface area contributed by atoms with Crippen molar-refractivity contribution in [1.29, 1.82) is 0 Å². The minimum Gasteiger partial charge on any atom is -0.462 e. The van der Waals surface area contributed by atoms with Crippen LogP contribution < -0.4 is 4.74 Å². The molecule has 0 aliphatic carbocycles. The maximum Gasteiger partial charge on any atom is 0.201 e. The molecule has 0 unspecified atom stereocenters. The number of halogens is 4. The van der Waals surface area contributed by atoms with Crippen molar-refractivity contribution < 1.29 is 22.3 Å². The van der Waals surface area contributed by atoms with Gasteiger partial charge in [-0.25, -0.2) is 13.2 Å². The summed E-state index contributed by atoms with van der Waals surface area (Å²) in [7, 11) is 0. The van der Waals surface area contributed by atoms with Crippen LogP contribution in [0.5, 0.6) is 5.75 Å². The number of rotatable bonds is 8. The van der Waals surface area contributed by atoms with E-state index in [4.69, 9.17) is 4.74 Å². The second-order valence-corrected chi connectivity index (χ2v) is 6.04. The van der Waals surface area contributed by atoms with Crippen molar-refractivity contribution in [2.75, 3.05) is 0 Å². The highest BCUT2D eigenvalue weighted by atomic mass is 19.2. The van der Waals surface area contributed by atoms with Crippen LogP contribution in [0.3, 0.4) is 0 Å². The summed E-state index contributed by atoms with van der Waals surface area (Å²) in [5.41, 5.74) is -0.408. The fraction of sp³-hybridized carbons (Fsp3) is 0.333. The first-order valence-corrected chi connectivity index (χ1v) is 8.74. The first kappa shape index (κ1) is 20.0. The Hall–Kier alpha value is -2.30. The van der Waals surface area contributed by atoms with Crippen LogP contribution in [0, 0.1) is 23.3 Å². The minimum absolute atomic E-state index is 0.247. The van der Waals surface area contributed by atoms with Gasteiger partial charge in [-0.2, -0.15) is 4.39 Å². The van der Waals surface area contributed by atoms with Crippen LogP contribution in [-0.4, -0.2) is 0 Å². The zero-order chi connectivity index (χ0) is 19.1. The lowest BCUT2D eigenvalue weighted by Gasteiger charge is -2.11. The van der Waals surface area contributed by atoms with E-state index >= 15 is 0 Å². The van der Waals surface area contributed by atoms with Crippen LogP contribution in [0.1, 0.15) is 45.1 Å². The van der Waals surface area contributed by atoms with Gasteiger partial charge in [0.15, 0.2) is 23.2 Å². The van der Waals surface area contributed by atoms with Gasteiger partial charge >= 0.3 is 0 Å². The number of ether oxygens (including phenoxy) is 1. The van der Waals surface area contributed by atoms with E-state index in [2.05, 4.69) is 6.92 Å². The molecule has 0 aliphatic heterocycles. The van der Waals surface area contributed by atoms with Crippen molar-refractivity contribution in [3.8, 4) is 16.9 Å². The van der Waals surface area contributed by atoms with E-state index in [1.165, 1.54) is 36.6 Å². The molecule has 0 heterocycles. The Labute approximate surface area is 151 Å². The zero-order valence-corrected chi connectivity index (χ0v) is 14.9. The van der Waals surface area contributed by atoms with E-state index < -0.39 is 23.3 Å². The molecule has 140 valence electrons. The van der Waals surface area contributed by atoms with Gasteiger partial charge in [0.2, 0.25) is 5.82 Å². The van der Waals surface area contributed by atoms with Crippen LogP contribution in [-0.2, 0) is 6.42 Å². The Morgan fingerprint density at radius 1 is 0.808 bits per heavy atom. The molecule has 5 heteroatoms. The molecule has 0 saturated carbocycles. The van der Waals surface area contributed by atoms with E-state index in [0.29, 0.717) is 6.42 Å². The van der Waals surface area contributed by atoms with Gasteiger partial charge in [-0.15, -0.1) is 0 Å². The molecule has 0 N–H and O–H groups in total. The molecule has 0 amide bonds. The largest absolute Gasteiger partial charge is 0.462 e. The summed E-state index contributed by atoms with van der Waals surface area (Å²) in [5, 5.41) is 0. The van der Waals surface area contributed by atoms with Gasteiger partial charge in [-0.1, -0.05) is 44.4 Å². The van der Waals surface area contributed by atoms with Crippen molar-refractivity contribution in [3.63, 3.8) is 0 Å². The molecule has 0 saturated heterocycles. The van der Waals surface area contributed by atoms with Crippen molar-refractivity contribution in [1.82, 2.24) is 0 Å². The zero-order valence-electron chi connectivity index (χ0n) is 14.9. The molecule has 2 rings (SSSR count). The molecule has 0 radical (unpaired) electrons. The molecule has 0 aliphatic rings. The monoisotopic (exact) mass is 366 g/mol. The maximum absolute atomic E-state index is 14.4. The van der Waals surface area contributed by atoms with E-state index in [1.54, 1.807) is 6.92 Å². The third-order valence-corrected chi connectivity index (χ3v) is 4.13. The van der Waals surface area contributed by atoms with Crippen molar-refractivity contribution in [2.45, 2.75) is 46.0 Å². The Morgan fingerprint density at radius 2 is 1.46 bits per heavy atom. The van der Waals surface area contributed by atoms with E-state index in [0.717, 1.165) is 25.7 Å². The Morgan fingerprint density at radius 3 is 2.12 bits per heavy atom. The van der Waals surface area contributed by atoms with Gasteiger partial charge in [0.1, 0.15) is 0 Å². The quantitative estimate of drug-likeness (QED) is 0.279. The lowest BCUT2D eigenvalue weighted by atomic mass is 9.99. The maximum atomic E-state index is 14.4. The molecular formula is C21H22F4O. The summed E-state index contributed by atoms with van der Waals surface area (Å²) in [6.07, 6.45) is 6.90. The number of aryl methyl sites for hydroxylation is 1. The summed E-state index contributed by atoms with van der Waals surface area (Å²) < 4.78 is 62.1. The normalized spacial score (nSPS) is 11.3. The highest BCUT2D eigenvalue weighted by Crippen LogP contribution is 2.33. The predicted octanol–water partition coefficient (Wildman–Crippen LogP) is 6.95. The summed E-state index contributed by atoms with van der Waals surface area (Å²) in [6.45, 7) is 3.72. The SMILES string of the molecule is C/C=C/Oc1ccc(-c2ccc(CCCCCC)c(F)c2F)c(F)c1F. The van der Waals surface area contributed by atoms with Gasteiger partial charge in [0.25, 0.3) is 0 Å². The van der Waals surface area contributed by atoms with Gasteiger partial charge in [0.05, 0.1) is 6.26 Å². The molecule has 2 aromatic rings. The van der Waals surface area contributed by atoms with Crippen LogP contribution in [0.15, 0.2) is 36.6 Å². The summed E-state index contributed by atoms with van der Waals surface area (Å²) in [6, 6.07) is 5.08. The van der Waals surface area contributed by atoms with E-state index in [-0.39, 0.29) is 22.4 Å². The topological polar surface area (TPSA) is 9.23 Å². The van der Waals surface area contributed by atoms with Crippen LogP contribution >= 0.6 is 0 Å². The van der Waals surface area contributed by atoms with Crippen molar-refractivity contribution >= 4 is 0 Å². The Bertz CT molecular complexity index is 784. The van der Waals surface area contributed by atoms with Gasteiger partial charge in [-0.3, -0.25) is 0 Å². The summed E-state index contributed by atoms with van der Waals surface area (Å²) >= 11 is 0. The average Bonchev–Trinajstić information content (AvgIpc) is 2.64. The first-order valence-electron chi connectivity index (χ1n) is 8.74. The highest BCUT2D eigenvalue weighted by molar-refractivity contribution is 5.66. The minimum atomic E-state index is -1.28. The van der Waals surface area contributed by atoms with Crippen LogP contribution in [0.25, 0.3) is 11.1 Å². The molecule has 26 heavy (non-hydrogen) atoms. The summed E-state index contributed by atoms with van der Waals surface area (Å²) in [4.78, 5) is 0. The fourth-order valence-electron chi connectivity index (χ4n) is 2.70. The number of hydrogen-bond acceptors (Lipinski definition) is 1. The number of hydrogen-bond donors (Lipinski definition) is 0. The van der Waals surface area contributed by atoms with Crippen LogP contribution in [0.2, 0.25) is 0 Å². The van der Waals surface area contributed by atoms with E-state index in [9.17, 15) is 17.6 Å². The second kappa shape index (κ2) is 9.41. The van der Waals surface area contributed by atoms with Gasteiger partial charge in [0, 0.05) is 11.1 Å². The fourth-order valence-corrected chi connectivity index (χ4v) is 2.70. The molecule has 0 aromatic heterocycles. The highest BCUT2D eigenvalue weighted by Gasteiger charge is 2.21. The van der Waals surface area contributed by atoms with Crippen molar-refractivity contribution in [3.05, 3.63) is 65.4 Å². The number of unbranched alkanes of at least 4 members (excludes halogenated alkanes) is 3. The molecule has 0 bridgehead atoms. The molecular weight excluding hydrogens is 344 g/mol. The Balaban J connectivity index is 2.31. The summed E-state index contributed by atoms with van der Waals surface area (Å²) in [5.74, 6) is -5.02. The number of allylic oxidation sites excluding steroid dienone is 1. The van der Waals surface area contributed by atoms with Crippen LogP contribution in [0.4, 0.5) is 17.6 Å².